The maximum absolute atomic E-state index is 10.3. The molecule has 0 aromatic heterocycles. The fourth-order valence-electron chi connectivity index (χ4n) is 0.986. The lowest BCUT2D eigenvalue weighted by atomic mass is 10.1. The zero-order chi connectivity index (χ0) is 9.40. The molecule has 1 atom stereocenters. The van der Waals surface area contributed by atoms with Crippen molar-refractivity contribution in [3.8, 4) is 0 Å². The van der Waals surface area contributed by atoms with Crippen LogP contribution in [0.3, 0.4) is 0 Å². The quantitative estimate of drug-likeness (QED) is 0.541. The molecular weight excluding hydrogens is 192 g/mol. The largest absolute Gasteiger partial charge is 0.480 e. The summed E-state index contributed by atoms with van der Waals surface area (Å²) < 4.78 is 0. The highest BCUT2D eigenvalue weighted by Crippen LogP contribution is 2.03. The number of hydrogen-bond acceptors (Lipinski definition) is 3. The Hall–Kier alpha value is -0.320. The van der Waals surface area contributed by atoms with Crippen molar-refractivity contribution in [1.29, 1.82) is 0 Å². The molecule has 0 aromatic carbocycles. The van der Waals surface area contributed by atoms with Gasteiger partial charge in [0.05, 0.1) is 0 Å². The molecule has 0 aliphatic heterocycles. The normalized spacial score (nSPS) is 11.8. The van der Waals surface area contributed by atoms with E-state index in [-0.39, 0.29) is 12.4 Å². The third-order valence-corrected chi connectivity index (χ3v) is 1.79. The lowest BCUT2D eigenvalue weighted by Gasteiger charge is -2.04. The summed E-state index contributed by atoms with van der Waals surface area (Å²) in [4.78, 5) is 10.3. The summed E-state index contributed by atoms with van der Waals surface area (Å²) in [6.07, 6.45) is 4.57. The molecule has 0 bridgehead atoms. The van der Waals surface area contributed by atoms with Crippen LogP contribution in [0.4, 0.5) is 0 Å². The van der Waals surface area contributed by atoms with Crippen LogP contribution in [-0.2, 0) is 4.79 Å². The Balaban J connectivity index is 0. The van der Waals surface area contributed by atoms with Crippen molar-refractivity contribution in [1.82, 2.24) is 0 Å². The topological polar surface area (TPSA) is 89.3 Å². The highest BCUT2D eigenvalue weighted by molar-refractivity contribution is 5.85. The molecule has 13 heavy (non-hydrogen) atoms. The number of carboxylic acid groups (broad SMARTS) is 1. The second kappa shape index (κ2) is 9.77. The number of hydrogen-bond donors (Lipinski definition) is 3. The lowest BCUT2D eigenvalue weighted by Crippen LogP contribution is -2.29. The zero-order valence-corrected chi connectivity index (χ0v) is 8.55. The van der Waals surface area contributed by atoms with E-state index in [1.54, 1.807) is 0 Å². The summed E-state index contributed by atoms with van der Waals surface area (Å²) in [5, 5.41) is 8.44. The minimum Gasteiger partial charge on any atom is -0.480 e. The van der Waals surface area contributed by atoms with Gasteiger partial charge in [-0.15, -0.1) is 12.4 Å². The van der Waals surface area contributed by atoms with Crippen LogP contribution < -0.4 is 11.5 Å². The van der Waals surface area contributed by atoms with E-state index in [1.807, 2.05) is 0 Å². The number of nitrogens with two attached hydrogens (primary N) is 2. The van der Waals surface area contributed by atoms with Gasteiger partial charge in [-0.25, -0.2) is 0 Å². The molecule has 0 aliphatic rings. The van der Waals surface area contributed by atoms with Gasteiger partial charge in [0.25, 0.3) is 0 Å². The van der Waals surface area contributed by atoms with Gasteiger partial charge in [0, 0.05) is 0 Å². The van der Waals surface area contributed by atoms with Gasteiger partial charge in [-0.1, -0.05) is 19.3 Å². The van der Waals surface area contributed by atoms with Crippen molar-refractivity contribution in [3.05, 3.63) is 0 Å². The van der Waals surface area contributed by atoms with E-state index in [2.05, 4.69) is 0 Å². The molecule has 0 fully saturated rings. The van der Waals surface area contributed by atoms with Crippen molar-refractivity contribution < 1.29 is 9.90 Å². The molecular formula is C8H19ClN2O2. The Bertz CT molecular complexity index is 133. The third-order valence-electron chi connectivity index (χ3n) is 1.79. The number of carbonyl (C=O) groups is 1. The van der Waals surface area contributed by atoms with Gasteiger partial charge in [-0.3, -0.25) is 4.79 Å². The molecule has 0 rings (SSSR count). The first-order chi connectivity index (χ1) is 5.68. The highest BCUT2D eigenvalue weighted by Gasteiger charge is 2.09. The lowest BCUT2D eigenvalue weighted by molar-refractivity contribution is -0.138. The van der Waals surface area contributed by atoms with Gasteiger partial charge in [-0.2, -0.15) is 0 Å². The summed E-state index contributed by atoms with van der Waals surface area (Å²) in [6.45, 7) is 0.713. The van der Waals surface area contributed by atoms with E-state index in [0.717, 1.165) is 25.7 Å². The standard InChI is InChI=1S/C8H18N2O2.ClH/c9-6-4-2-1-3-5-7(10)8(11)12;/h7H,1-6,9-10H2,(H,11,12);1H. The monoisotopic (exact) mass is 210 g/mol. The molecule has 5 N–H and O–H groups in total. The van der Waals surface area contributed by atoms with Crippen LogP contribution in [0.25, 0.3) is 0 Å². The van der Waals surface area contributed by atoms with Crippen LogP contribution in [0.15, 0.2) is 0 Å². The summed E-state index contributed by atoms with van der Waals surface area (Å²) in [7, 11) is 0. The average molecular weight is 211 g/mol. The average Bonchev–Trinajstić information content (AvgIpc) is 2.03. The molecule has 0 radical (unpaired) electrons. The first-order valence-corrected chi connectivity index (χ1v) is 4.37. The van der Waals surface area contributed by atoms with E-state index < -0.39 is 12.0 Å². The van der Waals surface area contributed by atoms with E-state index in [9.17, 15) is 4.79 Å². The fourth-order valence-corrected chi connectivity index (χ4v) is 0.986. The summed E-state index contributed by atoms with van der Waals surface area (Å²) >= 11 is 0. The van der Waals surface area contributed by atoms with Crippen molar-refractivity contribution >= 4 is 18.4 Å². The van der Waals surface area contributed by atoms with Crippen LogP contribution in [-0.4, -0.2) is 23.7 Å². The van der Waals surface area contributed by atoms with Gasteiger partial charge < -0.3 is 16.6 Å². The number of unbranched alkanes of at least 4 members (excludes halogenated alkanes) is 3. The molecule has 0 heterocycles. The maximum atomic E-state index is 10.3. The van der Waals surface area contributed by atoms with Gasteiger partial charge >= 0.3 is 5.97 Å². The molecule has 1 unspecified atom stereocenters. The van der Waals surface area contributed by atoms with Crippen molar-refractivity contribution in [2.75, 3.05) is 6.54 Å². The first kappa shape index (κ1) is 15.2. The molecule has 0 aromatic rings. The molecule has 0 saturated heterocycles. The molecule has 0 amide bonds. The van der Waals surface area contributed by atoms with E-state index in [4.69, 9.17) is 16.6 Å². The smallest absolute Gasteiger partial charge is 0.320 e. The van der Waals surface area contributed by atoms with Gasteiger partial charge in [0.1, 0.15) is 6.04 Å². The van der Waals surface area contributed by atoms with Gasteiger partial charge in [0.15, 0.2) is 0 Å². The molecule has 4 nitrogen and oxygen atoms in total. The summed E-state index contributed by atoms with van der Waals surface area (Å²) in [5.74, 6) is -0.908. The number of aliphatic carboxylic acids is 1. The third kappa shape index (κ3) is 9.60. The van der Waals surface area contributed by atoms with Crippen LogP contribution in [0.5, 0.6) is 0 Å². The fraction of sp³-hybridized carbons (Fsp3) is 0.875. The van der Waals surface area contributed by atoms with Crippen LogP contribution in [0, 0.1) is 0 Å². The minimum atomic E-state index is -0.908. The van der Waals surface area contributed by atoms with Gasteiger partial charge in [0.2, 0.25) is 0 Å². The van der Waals surface area contributed by atoms with Gasteiger partial charge in [-0.05, 0) is 19.4 Å². The number of rotatable bonds is 7. The summed E-state index contributed by atoms with van der Waals surface area (Å²) in [5.41, 5.74) is 10.6. The predicted octanol–water partition coefficient (Wildman–Crippen LogP) is 0.729. The Morgan fingerprint density at radius 3 is 2.23 bits per heavy atom. The molecule has 80 valence electrons. The Labute approximate surface area is 85.1 Å². The Morgan fingerprint density at radius 1 is 1.23 bits per heavy atom. The van der Waals surface area contributed by atoms with Crippen LogP contribution >= 0.6 is 12.4 Å². The molecule has 0 spiro atoms. The SMILES string of the molecule is Cl.NCCCCCCC(N)C(=O)O. The van der Waals surface area contributed by atoms with E-state index >= 15 is 0 Å². The summed E-state index contributed by atoms with van der Waals surface area (Å²) in [6, 6.07) is -0.692. The molecule has 5 heteroatoms. The first-order valence-electron chi connectivity index (χ1n) is 4.37. The maximum Gasteiger partial charge on any atom is 0.320 e. The minimum absolute atomic E-state index is 0. The van der Waals surface area contributed by atoms with Crippen LogP contribution in [0.1, 0.15) is 32.1 Å². The van der Waals surface area contributed by atoms with Crippen molar-refractivity contribution in [3.63, 3.8) is 0 Å². The molecule has 0 aliphatic carbocycles. The number of halogens is 1. The molecule has 0 saturated carbocycles. The Morgan fingerprint density at radius 2 is 1.77 bits per heavy atom. The highest BCUT2D eigenvalue weighted by atomic mass is 35.5. The van der Waals surface area contributed by atoms with E-state index in [1.165, 1.54) is 0 Å². The van der Waals surface area contributed by atoms with Crippen molar-refractivity contribution in [2.45, 2.75) is 38.1 Å². The predicted molar refractivity (Wildman–Crippen MR) is 55.0 cm³/mol. The second-order valence-electron chi connectivity index (χ2n) is 2.94. The Kier molecular flexibility index (Phi) is 11.4. The van der Waals surface area contributed by atoms with Crippen molar-refractivity contribution in [2.24, 2.45) is 11.5 Å². The second-order valence-corrected chi connectivity index (χ2v) is 2.94. The van der Waals surface area contributed by atoms with Crippen LogP contribution in [0.2, 0.25) is 0 Å². The number of carboxylic acids is 1. The van der Waals surface area contributed by atoms with E-state index in [0.29, 0.717) is 13.0 Å². The zero-order valence-electron chi connectivity index (χ0n) is 7.74.